The third-order valence-corrected chi connectivity index (χ3v) is 4.05. The number of aromatic nitrogens is 3. The van der Waals surface area contributed by atoms with Crippen molar-refractivity contribution in [2.75, 3.05) is 0 Å². The monoisotopic (exact) mass is 389 g/mol. The lowest BCUT2D eigenvalue weighted by Gasteiger charge is -2.10. The normalized spacial score (nSPS) is 9.80. The number of hydrogen-bond donors (Lipinski definition) is 0. The molecule has 0 saturated carbocycles. The summed E-state index contributed by atoms with van der Waals surface area (Å²) in [5.74, 6) is 0. The van der Waals surface area contributed by atoms with E-state index in [1.54, 1.807) is 18.5 Å². The van der Waals surface area contributed by atoms with Gasteiger partial charge in [0.1, 0.15) is 0 Å². The van der Waals surface area contributed by atoms with Gasteiger partial charge in [0.05, 0.1) is 12.4 Å². The average molecular weight is 390 g/mol. The van der Waals surface area contributed by atoms with Crippen molar-refractivity contribution in [3.63, 3.8) is 0 Å². The van der Waals surface area contributed by atoms with Gasteiger partial charge in [-0.2, -0.15) is 0 Å². The quantitative estimate of drug-likeness (QED) is 0.444. The van der Waals surface area contributed by atoms with Crippen LogP contribution in [0.3, 0.4) is 0 Å². The zero-order valence-corrected chi connectivity index (χ0v) is 15.0. The molecule has 0 fully saturated rings. The summed E-state index contributed by atoms with van der Waals surface area (Å²) in [5, 5.41) is 10.1. The molecule has 0 spiro atoms. The molecular weight excluding hydrogens is 374 g/mol. The molecule has 0 N–H and O–H groups in total. The second kappa shape index (κ2) is 8.85. The van der Waals surface area contributed by atoms with Crippen LogP contribution in [0.2, 0.25) is 0 Å². The van der Waals surface area contributed by atoms with E-state index in [9.17, 15) is 0 Å². The summed E-state index contributed by atoms with van der Waals surface area (Å²) in [6.45, 7) is 0. The Morgan fingerprint density at radius 1 is 0.560 bits per heavy atom. The SMILES string of the molecule is Brc1cccc(-c2ccccc2-c2ccccc2)c1.c1cnnnc1. The van der Waals surface area contributed by atoms with E-state index in [2.05, 4.69) is 104 Å². The molecule has 4 heteroatoms. The van der Waals surface area contributed by atoms with Crippen molar-refractivity contribution in [1.29, 1.82) is 0 Å². The molecule has 3 nitrogen and oxygen atoms in total. The minimum Gasteiger partial charge on any atom is -0.139 e. The molecule has 0 aliphatic carbocycles. The first-order valence-electron chi connectivity index (χ1n) is 7.83. The van der Waals surface area contributed by atoms with E-state index >= 15 is 0 Å². The Morgan fingerprint density at radius 3 is 1.72 bits per heavy atom. The molecule has 0 aliphatic heterocycles. The van der Waals surface area contributed by atoms with Gasteiger partial charge in [-0.05, 0) is 45.7 Å². The van der Waals surface area contributed by atoms with Gasteiger partial charge in [-0.25, -0.2) is 0 Å². The van der Waals surface area contributed by atoms with Gasteiger partial charge >= 0.3 is 0 Å². The first-order chi connectivity index (χ1) is 12.3. The number of halogens is 1. The van der Waals surface area contributed by atoms with Gasteiger partial charge in [-0.15, -0.1) is 10.2 Å². The average Bonchev–Trinajstić information content (AvgIpc) is 2.70. The van der Waals surface area contributed by atoms with E-state index in [0.717, 1.165) is 4.47 Å². The summed E-state index contributed by atoms with van der Waals surface area (Å²) in [7, 11) is 0. The van der Waals surface area contributed by atoms with Crippen molar-refractivity contribution < 1.29 is 0 Å². The lowest BCUT2D eigenvalue weighted by atomic mass is 9.95. The second-order valence-electron chi connectivity index (χ2n) is 5.23. The van der Waals surface area contributed by atoms with Crippen LogP contribution >= 0.6 is 15.9 Å². The molecule has 0 bridgehead atoms. The third kappa shape index (κ3) is 4.81. The summed E-state index contributed by atoms with van der Waals surface area (Å²) in [4.78, 5) is 0. The highest BCUT2D eigenvalue weighted by molar-refractivity contribution is 9.10. The lowest BCUT2D eigenvalue weighted by Crippen LogP contribution is -1.84. The van der Waals surface area contributed by atoms with Crippen LogP contribution in [-0.4, -0.2) is 15.4 Å². The third-order valence-electron chi connectivity index (χ3n) is 3.56. The summed E-state index contributed by atoms with van der Waals surface area (Å²) in [5.41, 5.74) is 5.00. The maximum atomic E-state index is 3.54. The zero-order valence-electron chi connectivity index (χ0n) is 13.5. The smallest absolute Gasteiger partial charge is 0.0529 e. The Balaban J connectivity index is 0.000000258. The summed E-state index contributed by atoms with van der Waals surface area (Å²) < 4.78 is 1.10. The van der Waals surface area contributed by atoms with Crippen molar-refractivity contribution in [3.8, 4) is 22.3 Å². The molecule has 1 aromatic heterocycles. The van der Waals surface area contributed by atoms with Crippen LogP contribution in [-0.2, 0) is 0 Å². The molecule has 0 aliphatic rings. The molecule has 0 atom stereocenters. The fraction of sp³-hybridized carbons (Fsp3) is 0. The highest BCUT2D eigenvalue weighted by atomic mass is 79.9. The van der Waals surface area contributed by atoms with E-state index in [0.29, 0.717) is 0 Å². The predicted octanol–water partition coefficient (Wildman–Crippen LogP) is 5.65. The molecule has 122 valence electrons. The fourth-order valence-corrected chi connectivity index (χ4v) is 2.86. The number of rotatable bonds is 2. The number of hydrogen-bond acceptors (Lipinski definition) is 3. The maximum absolute atomic E-state index is 3.54. The van der Waals surface area contributed by atoms with Crippen molar-refractivity contribution in [2.45, 2.75) is 0 Å². The lowest BCUT2D eigenvalue weighted by molar-refractivity contribution is 0.865. The second-order valence-corrected chi connectivity index (χ2v) is 6.15. The highest BCUT2D eigenvalue weighted by Crippen LogP contribution is 2.32. The topological polar surface area (TPSA) is 38.7 Å². The molecule has 4 aromatic rings. The molecule has 1 heterocycles. The van der Waals surface area contributed by atoms with Crippen LogP contribution < -0.4 is 0 Å². The Kier molecular flexibility index (Phi) is 6.01. The van der Waals surface area contributed by atoms with E-state index in [1.807, 2.05) is 6.07 Å². The van der Waals surface area contributed by atoms with Gasteiger partial charge < -0.3 is 0 Å². The van der Waals surface area contributed by atoms with E-state index in [4.69, 9.17) is 0 Å². The molecule has 25 heavy (non-hydrogen) atoms. The Bertz CT molecular complexity index is 885. The van der Waals surface area contributed by atoms with Gasteiger partial charge in [-0.1, -0.05) is 82.7 Å². The van der Waals surface area contributed by atoms with Crippen LogP contribution in [0.4, 0.5) is 0 Å². The maximum Gasteiger partial charge on any atom is 0.0529 e. The molecule has 0 unspecified atom stereocenters. The fourth-order valence-electron chi connectivity index (χ4n) is 2.47. The van der Waals surface area contributed by atoms with Crippen molar-refractivity contribution in [3.05, 3.63) is 102 Å². The summed E-state index contributed by atoms with van der Waals surface area (Å²) in [6, 6.07) is 29.2. The standard InChI is InChI=1S/C18H13Br.C3H3N3/c19-16-10-6-9-15(13-16)18-12-5-4-11-17(18)14-7-2-1-3-8-14;1-2-4-6-5-3-1/h1-13H;1-3H. The molecule has 0 radical (unpaired) electrons. The van der Waals surface area contributed by atoms with E-state index < -0.39 is 0 Å². The van der Waals surface area contributed by atoms with Gasteiger partial charge in [0.2, 0.25) is 0 Å². The summed E-state index contributed by atoms with van der Waals surface area (Å²) >= 11 is 3.54. The van der Waals surface area contributed by atoms with Crippen molar-refractivity contribution in [1.82, 2.24) is 15.4 Å². The van der Waals surface area contributed by atoms with Crippen LogP contribution in [0.1, 0.15) is 0 Å². The minimum atomic E-state index is 1.10. The number of benzene rings is 3. The highest BCUT2D eigenvalue weighted by Gasteiger charge is 2.06. The Morgan fingerprint density at radius 2 is 1.16 bits per heavy atom. The Hall–Kier alpha value is -2.85. The molecule has 3 aromatic carbocycles. The molecule has 0 saturated heterocycles. The van der Waals surface area contributed by atoms with E-state index in [-0.39, 0.29) is 0 Å². The first kappa shape index (κ1) is 17.0. The van der Waals surface area contributed by atoms with Gasteiger partial charge in [0.25, 0.3) is 0 Å². The van der Waals surface area contributed by atoms with Crippen molar-refractivity contribution in [2.24, 2.45) is 0 Å². The molecular formula is C21H16BrN3. The van der Waals surface area contributed by atoms with Crippen LogP contribution in [0.25, 0.3) is 22.3 Å². The number of nitrogens with zero attached hydrogens (tertiary/aromatic N) is 3. The van der Waals surface area contributed by atoms with Gasteiger partial charge in [-0.3, -0.25) is 0 Å². The van der Waals surface area contributed by atoms with Crippen LogP contribution in [0.5, 0.6) is 0 Å². The first-order valence-corrected chi connectivity index (χ1v) is 8.62. The predicted molar refractivity (Wildman–Crippen MR) is 105 cm³/mol. The largest absolute Gasteiger partial charge is 0.139 e. The van der Waals surface area contributed by atoms with Crippen molar-refractivity contribution >= 4 is 15.9 Å². The summed E-state index contributed by atoms with van der Waals surface area (Å²) in [6.07, 6.45) is 3.15. The van der Waals surface area contributed by atoms with Crippen LogP contribution in [0, 0.1) is 0 Å². The van der Waals surface area contributed by atoms with Gasteiger partial charge in [0, 0.05) is 4.47 Å². The van der Waals surface area contributed by atoms with Gasteiger partial charge in [0.15, 0.2) is 0 Å². The molecule has 4 rings (SSSR count). The van der Waals surface area contributed by atoms with E-state index in [1.165, 1.54) is 22.3 Å². The molecule has 0 amide bonds. The van der Waals surface area contributed by atoms with Crippen LogP contribution in [0.15, 0.2) is 102 Å². The zero-order chi connectivity index (χ0) is 17.3. The Labute approximate surface area is 155 Å². The minimum absolute atomic E-state index is 1.10.